The van der Waals surface area contributed by atoms with E-state index in [0.29, 0.717) is 11.3 Å². The van der Waals surface area contributed by atoms with E-state index in [-0.39, 0.29) is 18.6 Å². The van der Waals surface area contributed by atoms with Crippen molar-refractivity contribution in [2.75, 3.05) is 13.7 Å². The lowest BCUT2D eigenvalue weighted by molar-refractivity contribution is -0.238. The Morgan fingerprint density at radius 2 is 1.71 bits per heavy atom. The van der Waals surface area contributed by atoms with Crippen LogP contribution in [0.5, 0.6) is 11.6 Å². The largest absolute Gasteiger partial charge is 0.496 e. The molecular formula is C25H35NO9. The summed E-state index contributed by atoms with van der Waals surface area (Å²) in [5.74, 6) is -1.34. The van der Waals surface area contributed by atoms with Gasteiger partial charge in [0.25, 0.3) is 0 Å². The molecule has 5 atom stereocenters. The second kappa shape index (κ2) is 9.33. The first kappa shape index (κ1) is 25.8. The Balaban J connectivity index is 1.52. The molecule has 3 aliphatic heterocycles. The van der Waals surface area contributed by atoms with Crippen LogP contribution in [0.15, 0.2) is 18.3 Å². The summed E-state index contributed by atoms with van der Waals surface area (Å²) in [6.07, 6.45) is 2.06. The molecule has 3 aliphatic rings. The van der Waals surface area contributed by atoms with Crippen LogP contribution in [0.25, 0.3) is 6.08 Å². The summed E-state index contributed by atoms with van der Waals surface area (Å²) < 4.78 is 47.3. The van der Waals surface area contributed by atoms with E-state index >= 15 is 0 Å². The average molecular weight is 494 g/mol. The summed E-state index contributed by atoms with van der Waals surface area (Å²) in [5.41, 5.74) is -0.110. The normalized spacial score (nSPS) is 31.1. The molecule has 194 valence electrons. The van der Waals surface area contributed by atoms with E-state index in [0.717, 1.165) is 0 Å². The second-order valence-electron chi connectivity index (χ2n) is 10.6. The zero-order chi connectivity index (χ0) is 25.6. The molecule has 0 bridgehead atoms. The first-order chi connectivity index (χ1) is 16.3. The van der Waals surface area contributed by atoms with E-state index in [1.54, 1.807) is 39.1 Å². The van der Waals surface area contributed by atoms with Gasteiger partial charge >= 0.3 is 5.97 Å². The van der Waals surface area contributed by atoms with Crippen LogP contribution < -0.4 is 9.47 Å². The van der Waals surface area contributed by atoms with Gasteiger partial charge in [0.1, 0.15) is 42.4 Å². The molecule has 10 nitrogen and oxygen atoms in total. The highest BCUT2D eigenvalue weighted by Crippen LogP contribution is 2.44. The number of carbonyl (C=O) groups excluding carboxylic acids is 1. The molecule has 0 amide bonds. The fourth-order valence-corrected chi connectivity index (χ4v) is 4.36. The maximum atomic E-state index is 12.2. The number of nitrogens with zero attached hydrogens (tertiary/aromatic N) is 1. The second-order valence-corrected chi connectivity index (χ2v) is 10.6. The quantitative estimate of drug-likeness (QED) is 0.433. The minimum absolute atomic E-state index is 0.0983. The molecule has 3 saturated heterocycles. The number of hydrogen-bond donors (Lipinski definition) is 0. The lowest BCUT2D eigenvalue weighted by atomic mass is 9.99. The SMILES string of the molecule is COc1ccnc(OC[C@H]2O[C@@H]3OC(C)(C)O[C@@H]3[C@H]3OC(C)(C)O[C@H]32)c1/C=C/C(=O)OC(C)(C)C. The smallest absolute Gasteiger partial charge is 0.331 e. The van der Waals surface area contributed by atoms with Crippen molar-refractivity contribution in [2.45, 2.75) is 96.3 Å². The summed E-state index contributed by atoms with van der Waals surface area (Å²) in [4.78, 5) is 16.5. The van der Waals surface area contributed by atoms with Gasteiger partial charge in [0.15, 0.2) is 17.9 Å². The minimum Gasteiger partial charge on any atom is -0.496 e. The summed E-state index contributed by atoms with van der Waals surface area (Å²) in [5, 5.41) is 0. The van der Waals surface area contributed by atoms with E-state index < -0.39 is 47.7 Å². The van der Waals surface area contributed by atoms with Gasteiger partial charge in [-0.25, -0.2) is 9.78 Å². The third kappa shape index (κ3) is 5.95. The van der Waals surface area contributed by atoms with E-state index in [2.05, 4.69) is 4.98 Å². The summed E-state index contributed by atoms with van der Waals surface area (Å²) in [7, 11) is 1.53. The Bertz CT molecular complexity index is 968. The van der Waals surface area contributed by atoms with Crippen molar-refractivity contribution >= 4 is 12.0 Å². The average Bonchev–Trinajstić information content (AvgIpc) is 3.23. The number of esters is 1. The van der Waals surface area contributed by atoms with Gasteiger partial charge in [-0.15, -0.1) is 0 Å². The van der Waals surface area contributed by atoms with Gasteiger partial charge in [0, 0.05) is 12.3 Å². The predicted octanol–water partition coefficient (Wildman–Crippen LogP) is 3.22. The molecule has 0 aromatic carbocycles. The molecule has 0 spiro atoms. The van der Waals surface area contributed by atoms with E-state index in [4.69, 9.17) is 37.9 Å². The van der Waals surface area contributed by atoms with E-state index in [1.165, 1.54) is 13.2 Å². The van der Waals surface area contributed by atoms with Crippen LogP contribution >= 0.6 is 0 Å². The van der Waals surface area contributed by atoms with Gasteiger partial charge in [-0.05, 0) is 60.6 Å². The van der Waals surface area contributed by atoms with Gasteiger partial charge < -0.3 is 37.9 Å². The Kier molecular flexibility index (Phi) is 6.89. The highest BCUT2D eigenvalue weighted by molar-refractivity contribution is 5.88. The topological polar surface area (TPSA) is 104 Å². The van der Waals surface area contributed by atoms with Gasteiger partial charge in [0.2, 0.25) is 5.88 Å². The van der Waals surface area contributed by atoms with Crippen LogP contribution in [0.2, 0.25) is 0 Å². The van der Waals surface area contributed by atoms with Crippen molar-refractivity contribution in [2.24, 2.45) is 0 Å². The number of rotatable bonds is 6. The van der Waals surface area contributed by atoms with E-state index in [9.17, 15) is 4.79 Å². The van der Waals surface area contributed by atoms with Crippen molar-refractivity contribution < 1.29 is 42.7 Å². The fourth-order valence-electron chi connectivity index (χ4n) is 4.36. The van der Waals surface area contributed by atoms with Crippen LogP contribution in [0, 0.1) is 0 Å². The van der Waals surface area contributed by atoms with Crippen molar-refractivity contribution in [3.8, 4) is 11.6 Å². The summed E-state index contributed by atoms with van der Waals surface area (Å²) >= 11 is 0. The molecule has 3 fully saturated rings. The van der Waals surface area contributed by atoms with Crippen molar-refractivity contribution in [3.05, 3.63) is 23.9 Å². The Labute approximate surface area is 205 Å². The number of carbonyl (C=O) groups is 1. The Morgan fingerprint density at radius 3 is 2.40 bits per heavy atom. The maximum Gasteiger partial charge on any atom is 0.331 e. The lowest BCUT2D eigenvalue weighted by Gasteiger charge is -2.37. The Hall–Kier alpha value is -2.24. The number of pyridine rings is 1. The number of methoxy groups -OCH3 is 1. The first-order valence-electron chi connectivity index (χ1n) is 11.7. The van der Waals surface area contributed by atoms with Gasteiger partial charge in [-0.3, -0.25) is 0 Å². The van der Waals surface area contributed by atoms with Gasteiger partial charge in [-0.2, -0.15) is 0 Å². The molecule has 1 aromatic rings. The third-order valence-corrected chi connectivity index (χ3v) is 5.56. The number of fused-ring (bicyclic) bond motifs is 3. The highest BCUT2D eigenvalue weighted by atomic mass is 16.9. The van der Waals surface area contributed by atoms with Crippen LogP contribution in [-0.4, -0.2) is 72.6 Å². The fraction of sp³-hybridized carbons (Fsp3) is 0.680. The molecule has 0 saturated carbocycles. The molecule has 1 aromatic heterocycles. The molecule has 0 radical (unpaired) electrons. The van der Waals surface area contributed by atoms with Crippen LogP contribution in [0.3, 0.4) is 0 Å². The van der Waals surface area contributed by atoms with E-state index in [1.807, 2.05) is 27.7 Å². The standard InChI is InChI=1S/C25H35NO9/c1-23(2,3)31-17(27)10-9-14-15(28-8)11-12-26-21(14)29-13-16-18-19(33-24(4,5)32-18)20-22(30-16)35-25(6,7)34-20/h9-12,16,18-20,22H,13H2,1-8H3/b10-9+/t16-,18+,19+,20-,22-/m1/s1. The number of aromatic nitrogens is 1. The Morgan fingerprint density at radius 1 is 1.06 bits per heavy atom. The van der Waals surface area contributed by atoms with Crippen molar-refractivity contribution in [3.63, 3.8) is 0 Å². The molecule has 0 aliphatic carbocycles. The monoisotopic (exact) mass is 493 g/mol. The molecule has 0 N–H and O–H groups in total. The zero-order valence-corrected chi connectivity index (χ0v) is 21.5. The number of ether oxygens (including phenoxy) is 8. The number of hydrogen-bond acceptors (Lipinski definition) is 10. The van der Waals surface area contributed by atoms with Crippen LogP contribution in [0.4, 0.5) is 0 Å². The zero-order valence-electron chi connectivity index (χ0n) is 21.5. The molecule has 4 rings (SSSR count). The summed E-state index contributed by atoms with van der Waals surface area (Å²) in [6.45, 7) is 12.9. The molecule has 0 unspecified atom stereocenters. The van der Waals surface area contributed by atoms with Crippen molar-refractivity contribution in [1.82, 2.24) is 4.98 Å². The third-order valence-electron chi connectivity index (χ3n) is 5.56. The highest BCUT2D eigenvalue weighted by Gasteiger charge is 2.60. The van der Waals surface area contributed by atoms with Crippen LogP contribution in [-0.2, 0) is 33.2 Å². The lowest BCUT2D eigenvalue weighted by Crippen LogP contribution is -2.56. The predicted molar refractivity (Wildman–Crippen MR) is 124 cm³/mol. The molecule has 10 heteroatoms. The molecular weight excluding hydrogens is 458 g/mol. The van der Waals surface area contributed by atoms with Gasteiger partial charge in [-0.1, -0.05) is 0 Å². The van der Waals surface area contributed by atoms with Crippen LogP contribution in [0.1, 0.15) is 54.0 Å². The van der Waals surface area contributed by atoms with Crippen molar-refractivity contribution in [1.29, 1.82) is 0 Å². The first-order valence-corrected chi connectivity index (χ1v) is 11.7. The molecule has 4 heterocycles. The molecule has 35 heavy (non-hydrogen) atoms. The summed E-state index contributed by atoms with van der Waals surface area (Å²) in [6, 6.07) is 1.68. The maximum absolute atomic E-state index is 12.2. The minimum atomic E-state index is -0.808. The van der Waals surface area contributed by atoms with Gasteiger partial charge in [0.05, 0.1) is 12.7 Å².